The molecule has 2 aromatic rings. The molecule has 1 aromatic heterocycles. The molecule has 1 amide bonds. The van der Waals surface area contributed by atoms with Gasteiger partial charge in [-0.2, -0.15) is 4.98 Å². The molecule has 3 rings (SSSR count). The summed E-state index contributed by atoms with van der Waals surface area (Å²) in [6.45, 7) is 1.83. The maximum absolute atomic E-state index is 13.2. The van der Waals surface area contributed by atoms with E-state index in [9.17, 15) is 4.79 Å². The molecule has 2 heterocycles. The summed E-state index contributed by atoms with van der Waals surface area (Å²) in [5.74, 6) is 1.75. The summed E-state index contributed by atoms with van der Waals surface area (Å²) >= 11 is 5.57. The van der Waals surface area contributed by atoms with E-state index in [1.54, 1.807) is 36.4 Å². The number of nitrogens with one attached hydrogen (secondary N) is 1. The number of carbonyl (C=O) groups is 1. The Bertz CT molecular complexity index is 971. The Morgan fingerprint density at radius 3 is 2.44 bits per heavy atom. The van der Waals surface area contributed by atoms with Crippen molar-refractivity contribution in [2.75, 3.05) is 48.1 Å². The van der Waals surface area contributed by atoms with Crippen molar-refractivity contribution in [3.63, 3.8) is 0 Å². The zero-order valence-electron chi connectivity index (χ0n) is 18.7. The van der Waals surface area contributed by atoms with E-state index in [1.165, 1.54) is 14.2 Å². The van der Waals surface area contributed by atoms with Crippen molar-refractivity contribution >= 4 is 23.2 Å². The van der Waals surface area contributed by atoms with Crippen molar-refractivity contribution in [3.8, 4) is 23.3 Å². The molecule has 1 N–H and O–H groups in total. The molecule has 1 aliphatic heterocycles. The normalized spacial score (nSPS) is 13.0. The van der Waals surface area contributed by atoms with Crippen LogP contribution < -0.4 is 24.3 Å². The van der Waals surface area contributed by atoms with Crippen LogP contribution in [0, 0.1) is 0 Å². The zero-order chi connectivity index (χ0) is 23.1. The highest BCUT2D eigenvalue weighted by Gasteiger charge is 2.31. The molecule has 0 radical (unpaired) electrons. The summed E-state index contributed by atoms with van der Waals surface area (Å²) in [7, 11) is 6.21. The number of rotatable bonds is 8. The lowest BCUT2D eigenvalue weighted by Gasteiger charge is -2.30. The molecule has 0 atom stereocenters. The first kappa shape index (κ1) is 23.4. The second kappa shape index (κ2) is 10.9. The topological polar surface area (TPSA) is 85.4 Å². The third-order valence-electron chi connectivity index (χ3n) is 5.11. The molecular weight excluding hydrogens is 432 g/mol. The van der Waals surface area contributed by atoms with Crippen LogP contribution in [0.5, 0.6) is 23.3 Å². The minimum Gasteiger partial charge on any atom is -0.493 e. The van der Waals surface area contributed by atoms with E-state index in [0.717, 1.165) is 18.4 Å². The van der Waals surface area contributed by atoms with Gasteiger partial charge in [-0.3, -0.25) is 9.80 Å². The fraction of sp³-hybridized carbons (Fsp3) is 0.409. The number of hydrogen-bond acceptors (Lipinski definition) is 7. The smallest absolute Gasteiger partial charge is 0.277 e. The van der Waals surface area contributed by atoms with Crippen LogP contribution in [0.4, 0.5) is 0 Å². The Kier molecular flexibility index (Phi) is 7.93. The molecule has 1 saturated heterocycles. The van der Waals surface area contributed by atoms with Gasteiger partial charge in [-0.15, -0.1) is 0 Å². The number of nitrogens with zero attached hydrogens (tertiary/aromatic N) is 3. The van der Waals surface area contributed by atoms with E-state index in [0.29, 0.717) is 47.7 Å². The van der Waals surface area contributed by atoms with E-state index >= 15 is 0 Å². The number of ether oxygens (including phenoxy) is 4. The number of hydrogen-bond donors (Lipinski definition) is 1. The fourth-order valence-corrected chi connectivity index (χ4v) is 3.76. The Hall–Kier alpha value is -3.27. The number of aromatic nitrogens is 1. The quantitative estimate of drug-likeness (QED) is 0.597. The maximum Gasteiger partial charge on any atom is 0.277 e. The second-order valence-corrected chi connectivity index (χ2v) is 7.37. The molecule has 0 bridgehead atoms. The van der Waals surface area contributed by atoms with Crippen molar-refractivity contribution in [1.82, 2.24) is 20.3 Å². The molecule has 9 nitrogen and oxygen atoms in total. The first-order chi connectivity index (χ1) is 15.5. The van der Waals surface area contributed by atoms with Crippen LogP contribution in [0.2, 0.25) is 0 Å². The minimum absolute atomic E-state index is 0.216. The van der Waals surface area contributed by atoms with Crippen molar-refractivity contribution in [2.24, 2.45) is 0 Å². The van der Waals surface area contributed by atoms with Crippen molar-refractivity contribution in [3.05, 3.63) is 41.5 Å². The molecule has 1 aromatic carbocycles. The van der Waals surface area contributed by atoms with Crippen LogP contribution in [0.1, 0.15) is 22.3 Å². The third kappa shape index (κ3) is 5.13. The lowest BCUT2D eigenvalue weighted by atomic mass is 10.1. The van der Waals surface area contributed by atoms with Crippen LogP contribution in [0.15, 0.2) is 30.3 Å². The van der Waals surface area contributed by atoms with Gasteiger partial charge >= 0.3 is 0 Å². The average molecular weight is 461 g/mol. The summed E-state index contributed by atoms with van der Waals surface area (Å²) in [6, 6.07) is 9.09. The van der Waals surface area contributed by atoms with Gasteiger partial charge < -0.3 is 24.3 Å². The molecule has 10 heteroatoms. The van der Waals surface area contributed by atoms with E-state index in [1.807, 2.05) is 18.2 Å². The number of thiocarbonyl (C=S) groups is 1. The average Bonchev–Trinajstić information content (AvgIpc) is 3.33. The maximum atomic E-state index is 13.2. The van der Waals surface area contributed by atoms with Gasteiger partial charge in [0.1, 0.15) is 5.56 Å². The Balaban J connectivity index is 1.63. The van der Waals surface area contributed by atoms with Crippen LogP contribution in [-0.2, 0) is 6.42 Å². The lowest BCUT2D eigenvalue weighted by Crippen LogP contribution is -2.49. The van der Waals surface area contributed by atoms with E-state index < -0.39 is 0 Å². The number of pyridine rings is 1. The number of methoxy groups -OCH3 is 4. The molecule has 0 spiro atoms. The molecule has 0 saturated carbocycles. The molecule has 1 aliphatic rings. The summed E-state index contributed by atoms with van der Waals surface area (Å²) in [5.41, 5.74) is 1.44. The summed E-state index contributed by atoms with van der Waals surface area (Å²) < 4.78 is 21.0. The predicted molar refractivity (Wildman–Crippen MR) is 124 cm³/mol. The number of hydrazine groups is 1. The van der Waals surface area contributed by atoms with Gasteiger partial charge in [0.2, 0.25) is 11.8 Å². The summed E-state index contributed by atoms with van der Waals surface area (Å²) in [4.78, 5) is 17.4. The highest BCUT2D eigenvalue weighted by Crippen LogP contribution is 2.28. The standard InChI is InChI=1S/C22H28N4O5S/c1-28-17-8-6-15(14-18(17)29-2)10-11-23-22(32)26-13-5-12-25(26)21(27)16-7-9-19(30-3)24-20(16)31-4/h6-9,14H,5,10-13H2,1-4H3,(H,23,32). The SMILES string of the molecule is COc1ccc(C(=O)N2CCCN2C(=S)NCCc2ccc(OC)c(OC)c2)c(OC)n1. The Morgan fingerprint density at radius 2 is 1.75 bits per heavy atom. The molecule has 172 valence electrons. The van der Waals surface area contributed by atoms with Crippen LogP contribution in [0.3, 0.4) is 0 Å². The molecule has 32 heavy (non-hydrogen) atoms. The van der Waals surface area contributed by atoms with Gasteiger partial charge in [-0.05, 0) is 48.8 Å². The number of benzene rings is 1. The Labute approximate surface area is 193 Å². The van der Waals surface area contributed by atoms with E-state index in [-0.39, 0.29) is 11.8 Å². The minimum atomic E-state index is -0.224. The van der Waals surface area contributed by atoms with Crippen molar-refractivity contribution in [1.29, 1.82) is 0 Å². The molecule has 1 fully saturated rings. The van der Waals surface area contributed by atoms with Gasteiger partial charge in [0.25, 0.3) is 5.91 Å². The predicted octanol–water partition coefficient (Wildman–Crippen LogP) is 2.30. The van der Waals surface area contributed by atoms with Gasteiger partial charge in [0, 0.05) is 25.7 Å². The zero-order valence-corrected chi connectivity index (χ0v) is 19.5. The number of amides is 1. The fourth-order valence-electron chi connectivity index (χ4n) is 3.47. The van der Waals surface area contributed by atoms with Crippen LogP contribution in [0.25, 0.3) is 0 Å². The third-order valence-corrected chi connectivity index (χ3v) is 5.46. The first-order valence-corrected chi connectivity index (χ1v) is 10.6. The van der Waals surface area contributed by atoms with Gasteiger partial charge in [-0.25, -0.2) is 5.01 Å². The first-order valence-electron chi connectivity index (χ1n) is 10.2. The number of carbonyl (C=O) groups excluding carboxylic acids is 1. The summed E-state index contributed by atoms with van der Waals surface area (Å²) in [6.07, 6.45) is 1.55. The van der Waals surface area contributed by atoms with Crippen molar-refractivity contribution in [2.45, 2.75) is 12.8 Å². The van der Waals surface area contributed by atoms with Crippen LogP contribution in [-0.4, -0.2) is 74.1 Å². The second-order valence-electron chi connectivity index (χ2n) is 6.99. The van der Waals surface area contributed by atoms with Gasteiger partial charge in [0.05, 0.1) is 28.4 Å². The summed E-state index contributed by atoms with van der Waals surface area (Å²) in [5, 5.41) is 7.15. The monoisotopic (exact) mass is 460 g/mol. The Morgan fingerprint density at radius 1 is 1.00 bits per heavy atom. The van der Waals surface area contributed by atoms with Crippen LogP contribution >= 0.6 is 12.2 Å². The highest BCUT2D eigenvalue weighted by molar-refractivity contribution is 7.80. The van der Waals surface area contributed by atoms with Gasteiger partial charge in [0.15, 0.2) is 16.6 Å². The molecular formula is C22H28N4O5S. The van der Waals surface area contributed by atoms with E-state index in [4.69, 9.17) is 31.2 Å². The largest absolute Gasteiger partial charge is 0.493 e. The molecule has 0 unspecified atom stereocenters. The molecule has 0 aliphatic carbocycles. The van der Waals surface area contributed by atoms with Crippen molar-refractivity contribution < 1.29 is 23.7 Å². The highest BCUT2D eigenvalue weighted by atomic mass is 32.1. The lowest BCUT2D eigenvalue weighted by molar-refractivity contribution is 0.0487. The van der Waals surface area contributed by atoms with E-state index in [2.05, 4.69) is 10.3 Å². The van der Waals surface area contributed by atoms with Gasteiger partial charge in [-0.1, -0.05) is 6.07 Å².